The summed E-state index contributed by atoms with van der Waals surface area (Å²) in [6.07, 6.45) is 2.20. The summed E-state index contributed by atoms with van der Waals surface area (Å²) in [6.45, 7) is 0.657. The highest BCUT2D eigenvalue weighted by atomic mass is 35.5. The third-order valence-corrected chi connectivity index (χ3v) is 3.18. The predicted octanol–water partition coefficient (Wildman–Crippen LogP) is 2.69. The Balaban J connectivity index is 2.07. The molecule has 1 aromatic carbocycles. The van der Waals surface area contributed by atoms with Crippen LogP contribution in [0.5, 0.6) is 0 Å². The lowest BCUT2D eigenvalue weighted by Gasteiger charge is -2.03. The summed E-state index contributed by atoms with van der Waals surface area (Å²) in [6, 6.07) is 5.65. The van der Waals surface area contributed by atoms with Crippen LogP contribution in [0.15, 0.2) is 28.9 Å². The molecule has 3 rings (SSSR count). The topological polar surface area (TPSA) is 42.2 Å². The number of rotatable bonds is 1. The lowest BCUT2D eigenvalue weighted by atomic mass is 10.0. The van der Waals surface area contributed by atoms with E-state index in [-0.39, 0.29) is 11.8 Å². The number of halogens is 1. The quantitative estimate of drug-likeness (QED) is 0.826. The molecule has 0 spiro atoms. The maximum Gasteiger partial charge on any atom is 0.220 e. The maximum absolute atomic E-state index is 11.2. The van der Waals surface area contributed by atoms with Gasteiger partial charge in [-0.2, -0.15) is 0 Å². The fraction of sp³-hybridized carbons (Fsp3) is 0.250. The van der Waals surface area contributed by atoms with Crippen molar-refractivity contribution < 1.29 is 9.21 Å². The van der Waals surface area contributed by atoms with Crippen LogP contribution < -0.4 is 5.32 Å². The Hall–Kier alpha value is -1.48. The van der Waals surface area contributed by atoms with Crippen molar-refractivity contribution in [2.45, 2.75) is 12.3 Å². The van der Waals surface area contributed by atoms with Crippen LogP contribution in [0.2, 0.25) is 5.02 Å². The van der Waals surface area contributed by atoms with Gasteiger partial charge < -0.3 is 9.73 Å². The Labute approximate surface area is 97.4 Å². The standard InChI is InChI=1S/C12H10ClNO2/c13-9-1-2-10-8(3-9)6-16-12(10)7-4-11(15)14-5-7/h1-3,6-7H,4-5H2,(H,14,15). The van der Waals surface area contributed by atoms with Crippen molar-refractivity contribution in [2.24, 2.45) is 0 Å². The molecule has 1 atom stereocenters. The van der Waals surface area contributed by atoms with Gasteiger partial charge in [0.05, 0.1) is 6.26 Å². The van der Waals surface area contributed by atoms with E-state index in [9.17, 15) is 4.79 Å². The fourth-order valence-electron chi connectivity index (χ4n) is 2.15. The average molecular weight is 236 g/mol. The normalized spacial score (nSPS) is 20.3. The van der Waals surface area contributed by atoms with Gasteiger partial charge in [-0.15, -0.1) is 0 Å². The number of hydrogen-bond donors (Lipinski definition) is 1. The number of amides is 1. The summed E-state index contributed by atoms with van der Waals surface area (Å²) in [7, 11) is 0. The van der Waals surface area contributed by atoms with Crippen molar-refractivity contribution in [1.82, 2.24) is 5.32 Å². The van der Waals surface area contributed by atoms with Gasteiger partial charge in [0.1, 0.15) is 5.76 Å². The average Bonchev–Trinajstić information content (AvgIpc) is 2.83. The van der Waals surface area contributed by atoms with Gasteiger partial charge in [0.2, 0.25) is 5.91 Å². The molecule has 3 nitrogen and oxygen atoms in total. The number of nitrogens with one attached hydrogen (secondary N) is 1. The zero-order valence-corrected chi connectivity index (χ0v) is 9.25. The molecule has 0 aliphatic carbocycles. The highest BCUT2D eigenvalue weighted by molar-refractivity contribution is 6.31. The van der Waals surface area contributed by atoms with Crippen molar-refractivity contribution in [1.29, 1.82) is 0 Å². The molecule has 4 heteroatoms. The van der Waals surface area contributed by atoms with E-state index in [4.69, 9.17) is 16.0 Å². The van der Waals surface area contributed by atoms with Crippen LogP contribution in [0.1, 0.15) is 18.1 Å². The molecule has 1 unspecified atom stereocenters. The molecule has 1 aliphatic rings. The highest BCUT2D eigenvalue weighted by Crippen LogP contribution is 2.32. The predicted molar refractivity (Wildman–Crippen MR) is 61.6 cm³/mol. The Morgan fingerprint density at radius 1 is 1.44 bits per heavy atom. The third-order valence-electron chi connectivity index (χ3n) is 2.94. The Morgan fingerprint density at radius 3 is 3.06 bits per heavy atom. The summed E-state index contributed by atoms with van der Waals surface area (Å²) in [5.41, 5.74) is 0. The van der Waals surface area contributed by atoms with Gasteiger partial charge in [-0.1, -0.05) is 11.6 Å². The molecule has 2 aromatic rings. The first-order valence-electron chi connectivity index (χ1n) is 5.17. The van der Waals surface area contributed by atoms with E-state index in [1.807, 2.05) is 18.2 Å². The van der Waals surface area contributed by atoms with Gasteiger partial charge in [-0.25, -0.2) is 0 Å². The van der Waals surface area contributed by atoms with Crippen molar-refractivity contribution >= 4 is 28.3 Å². The number of carbonyl (C=O) groups excluding carboxylic acids is 1. The van der Waals surface area contributed by atoms with Gasteiger partial charge >= 0.3 is 0 Å². The number of carbonyl (C=O) groups is 1. The molecular formula is C12H10ClNO2. The van der Waals surface area contributed by atoms with Gasteiger partial charge in [0, 0.05) is 34.7 Å². The maximum atomic E-state index is 11.2. The molecule has 2 heterocycles. The van der Waals surface area contributed by atoms with Crippen LogP contribution in [-0.2, 0) is 4.79 Å². The minimum Gasteiger partial charge on any atom is -0.468 e. The second-order valence-electron chi connectivity index (χ2n) is 4.04. The molecule has 82 valence electrons. The van der Waals surface area contributed by atoms with E-state index in [0.717, 1.165) is 16.5 Å². The van der Waals surface area contributed by atoms with Crippen LogP contribution in [0.4, 0.5) is 0 Å². The molecule has 1 fully saturated rings. The molecule has 16 heavy (non-hydrogen) atoms. The first-order valence-corrected chi connectivity index (χ1v) is 5.55. The Morgan fingerprint density at radius 2 is 2.31 bits per heavy atom. The lowest BCUT2D eigenvalue weighted by molar-refractivity contribution is -0.119. The number of fused-ring (bicyclic) bond motifs is 1. The SMILES string of the molecule is O=C1CC(c2occ3cc(Cl)ccc23)CN1. The smallest absolute Gasteiger partial charge is 0.220 e. The molecular weight excluding hydrogens is 226 g/mol. The third kappa shape index (κ3) is 1.48. The van der Waals surface area contributed by atoms with Crippen LogP contribution in [-0.4, -0.2) is 12.5 Å². The number of hydrogen-bond acceptors (Lipinski definition) is 2. The van der Waals surface area contributed by atoms with Gasteiger partial charge in [0.25, 0.3) is 0 Å². The summed E-state index contributed by atoms with van der Waals surface area (Å²) < 4.78 is 5.55. The first-order chi connectivity index (χ1) is 7.74. The number of furan rings is 1. The highest BCUT2D eigenvalue weighted by Gasteiger charge is 2.27. The monoisotopic (exact) mass is 235 g/mol. The second-order valence-corrected chi connectivity index (χ2v) is 4.47. The first kappa shape index (κ1) is 9.73. The zero-order valence-electron chi connectivity index (χ0n) is 8.50. The van der Waals surface area contributed by atoms with Crippen LogP contribution in [0.3, 0.4) is 0 Å². The number of benzene rings is 1. The summed E-state index contributed by atoms with van der Waals surface area (Å²) in [5.74, 6) is 1.11. The molecule has 1 amide bonds. The van der Waals surface area contributed by atoms with Crippen molar-refractivity contribution in [3.05, 3.63) is 35.2 Å². The van der Waals surface area contributed by atoms with E-state index in [1.54, 1.807) is 6.26 Å². The van der Waals surface area contributed by atoms with Crippen LogP contribution in [0.25, 0.3) is 10.8 Å². The van der Waals surface area contributed by atoms with E-state index in [0.29, 0.717) is 18.0 Å². The molecule has 0 saturated carbocycles. The Kier molecular flexibility index (Phi) is 2.14. The molecule has 0 bridgehead atoms. The van der Waals surface area contributed by atoms with E-state index >= 15 is 0 Å². The van der Waals surface area contributed by atoms with Gasteiger partial charge in [0.15, 0.2) is 0 Å². The molecule has 1 saturated heterocycles. The van der Waals surface area contributed by atoms with E-state index in [1.165, 1.54) is 0 Å². The molecule has 1 aromatic heterocycles. The van der Waals surface area contributed by atoms with E-state index in [2.05, 4.69) is 5.32 Å². The Bertz CT molecular complexity index is 561. The van der Waals surface area contributed by atoms with Crippen LogP contribution >= 0.6 is 11.6 Å². The van der Waals surface area contributed by atoms with Crippen LogP contribution in [0, 0.1) is 0 Å². The van der Waals surface area contributed by atoms with Crippen molar-refractivity contribution in [2.75, 3.05) is 6.54 Å². The summed E-state index contributed by atoms with van der Waals surface area (Å²) in [4.78, 5) is 11.2. The largest absolute Gasteiger partial charge is 0.468 e. The van der Waals surface area contributed by atoms with Crippen molar-refractivity contribution in [3.63, 3.8) is 0 Å². The minimum absolute atomic E-state index is 0.0866. The fourth-order valence-corrected chi connectivity index (χ4v) is 2.33. The minimum atomic E-state index is 0.0866. The lowest BCUT2D eigenvalue weighted by Crippen LogP contribution is -2.13. The van der Waals surface area contributed by atoms with E-state index < -0.39 is 0 Å². The molecule has 0 radical (unpaired) electrons. The zero-order chi connectivity index (χ0) is 11.1. The van der Waals surface area contributed by atoms with Crippen molar-refractivity contribution in [3.8, 4) is 0 Å². The molecule has 1 aliphatic heterocycles. The van der Waals surface area contributed by atoms with Gasteiger partial charge in [-0.05, 0) is 18.2 Å². The van der Waals surface area contributed by atoms with Gasteiger partial charge in [-0.3, -0.25) is 4.79 Å². The molecule has 1 N–H and O–H groups in total. The summed E-state index contributed by atoms with van der Waals surface area (Å²) in [5, 5.41) is 5.54. The second kappa shape index (κ2) is 3.52. The summed E-state index contributed by atoms with van der Waals surface area (Å²) >= 11 is 5.90.